The van der Waals surface area contributed by atoms with E-state index in [0.29, 0.717) is 10.1 Å². The molecule has 0 radical (unpaired) electrons. The number of nitrogens with zero attached hydrogens (tertiary/aromatic N) is 3. The second-order valence-electron chi connectivity index (χ2n) is 8.59. The molecule has 0 amide bonds. The molecule has 2 aromatic carbocycles. The Morgan fingerprint density at radius 2 is 1.76 bits per heavy atom. The quantitative estimate of drug-likeness (QED) is 0.337. The minimum Gasteiger partial charge on any atom is -0.618 e. The van der Waals surface area contributed by atoms with Crippen LogP contribution in [0.3, 0.4) is 0 Å². The second kappa shape index (κ2) is 8.11. The van der Waals surface area contributed by atoms with Gasteiger partial charge in [-0.15, -0.1) is 0 Å². The van der Waals surface area contributed by atoms with Crippen LogP contribution in [0.2, 0.25) is 0 Å². The van der Waals surface area contributed by atoms with Crippen LogP contribution in [0, 0.1) is 5.21 Å². The lowest BCUT2D eigenvalue weighted by molar-refractivity contribution is -0.577. The van der Waals surface area contributed by atoms with E-state index in [0.717, 1.165) is 16.3 Å². The summed E-state index contributed by atoms with van der Waals surface area (Å²) in [5.41, 5.74) is 0.765. The molecular formula is C23H22F2N4O3S. The number of benzene rings is 2. The molecule has 0 fully saturated rings. The van der Waals surface area contributed by atoms with Crippen LogP contribution in [0.1, 0.15) is 38.5 Å². The highest BCUT2D eigenvalue weighted by Gasteiger charge is 2.24. The molecule has 0 aliphatic rings. The number of rotatable bonds is 5. The second-order valence-corrected chi connectivity index (χ2v) is 10.3. The maximum atomic E-state index is 13.5. The summed E-state index contributed by atoms with van der Waals surface area (Å²) < 4.78 is 57.1. The van der Waals surface area contributed by atoms with Crippen LogP contribution in [-0.2, 0) is 15.4 Å². The lowest BCUT2D eigenvalue weighted by Crippen LogP contribution is -2.26. The molecule has 0 spiro atoms. The van der Waals surface area contributed by atoms with Gasteiger partial charge in [-0.1, -0.05) is 39.0 Å². The molecule has 0 saturated carbocycles. The average molecular weight is 473 g/mol. The third kappa shape index (κ3) is 4.38. The maximum Gasteiger partial charge on any atom is 0.282 e. The molecule has 4 aromatic rings. The van der Waals surface area contributed by atoms with Gasteiger partial charge in [0.2, 0.25) is 5.52 Å². The van der Waals surface area contributed by atoms with Crippen molar-refractivity contribution in [2.75, 3.05) is 4.72 Å². The normalized spacial score (nSPS) is 12.4. The van der Waals surface area contributed by atoms with Crippen LogP contribution in [-0.4, -0.2) is 18.2 Å². The number of fused-ring (bicyclic) bond motifs is 1. The zero-order valence-corrected chi connectivity index (χ0v) is 19.0. The first kappa shape index (κ1) is 22.7. The Kier molecular flexibility index (Phi) is 5.57. The molecule has 0 aliphatic carbocycles. The van der Waals surface area contributed by atoms with Crippen LogP contribution < -0.4 is 9.45 Å². The van der Waals surface area contributed by atoms with Crippen LogP contribution >= 0.6 is 0 Å². The highest BCUT2D eigenvalue weighted by molar-refractivity contribution is 7.92. The molecule has 33 heavy (non-hydrogen) atoms. The number of alkyl halides is 2. The molecule has 2 heterocycles. The number of aromatic nitrogens is 3. The molecule has 2 aromatic heterocycles. The molecule has 0 saturated heterocycles. The van der Waals surface area contributed by atoms with E-state index in [2.05, 4.69) is 9.82 Å². The van der Waals surface area contributed by atoms with Crippen molar-refractivity contribution < 1.29 is 21.9 Å². The number of hydrogen-bond donors (Lipinski definition) is 1. The van der Waals surface area contributed by atoms with E-state index in [1.165, 1.54) is 24.4 Å². The van der Waals surface area contributed by atoms with Crippen molar-refractivity contribution in [2.45, 2.75) is 37.5 Å². The Hall–Kier alpha value is -3.53. The summed E-state index contributed by atoms with van der Waals surface area (Å²) in [7, 11) is -4.10. The van der Waals surface area contributed by atoms with Gasteiger partial charge >= 0.3 is 0 Å². The maximum absolute atomic E-state index is 13.5. The van der Waals surface area contributed by atoms with Gasteiger partial charge in [-0.25, -0.2) is 21.9 Å². The number of sulfonamides is 1. The predicted octanol–water partition coefficient (Wildman–Crippen LogP) is 4.69. The minimum absolute atomic E-state index is 0.0165. The van der Waals surface area contributed by atoms with Gasteiger partial charge in [-0.3, -0.25) is 4.72 Å². The molecule has 0 bridgehead atoms. The van der Waals surface area contributed by atoms with Crippen molar-refractivity contribution in [1.82, 2.24) is 9.78 Å². The van der Waals surface area contributed by atoms with Crippen molar-refractivity contribution >= 4 is 26.7 Å². The summed E-state index contributed by atoms with van der Waals surface area (Å²) in [6.45, 7) is 6.03. The first-order valence-electron chi connectivity index (χ1n) is 10.1. The Morgan fingerprint density at radius 3 is 2.39 bits per heavy atom. The first-order valence-corrected chi connectivity index (χ1v) is 11.6. The molecule has 10 heteroatoms. The number of halogens is 2. The van der Waals surface area contributed by atoms with Crippen LogP contribution in [0.15, 0.2) is 71.8 Å². The Labute approximate surface area is 189 Å². The Bertz CT molecular complexity index is 1430. The number of nitrogens with one attached hydrogen (secondary N) is 1. The van der Waals surface area contributed by atoms with Gasteiger partial charge in [-0.2, -0.15) is 9.83 Å². The van der Waals surface area contributed by atoms with E-state index in [4.69, 9.17) is 0 Å². The molecule has 7 nitrogen and oxygen atoms in total. The van der Waals surface area contributed by atoms with E-state index in [-0.39, 0.29) is 27.3 Å². The average Bonchev–Trinajstić information content (AvgIpc) is 3.16. The predicted molar refractivity (Wildman–Crippen MR) is 121 cm³/mol. The van der Waals surface area contributed by atoms with Gasteiger partial charge < -0.3 is 5.21 Å². The SMILES string of the molecule is CC(C)(C)c1ccc(S(=O)(=O)Nc2cc(C(F)F)nn2-c2cccc3c2ccc[n+]3[O-])cc1. The van der Waals surface area contributed by atoms with Crippen molar-refractivity contribution in [3.8, 4) is 5.69 Å². The molecule has 4 rings (SSSR count). The molecular weight excluding hydrogens is 450 g/mol. The largest absolute Gasteiger partial charge is 0.618 e. The Balaban J connectivity index is 1.81. The van der Waals surface area contributed by atoms with Gasteiger partial charge in [0.25, 0.3) is 16.4 Å². The van der Waals surface area contributed by atoms with Gasteiger partial charge in [0.05, 0.1) is 16.0 Å². The number of hydrogen-bond acceptors (Lipinski definition) is 4. The van der Waals surface area contributed by atoms with Crippen LogP contribution in [0.25, 0.3) is 16.6 Å². The van der Waals surface area contributed by atoms with E-state index in [1.807, 2.05) is 20.8 Å². The lowest BCUT2D eigenvalue weighted by Gasteiger charge is -2.19. The smallest absolute Gasteiger partial charge is 0.282 e. The molecule has 0 unspecified atom stereocenters. The fourth-order valence-electron chi connectivity index (χ4n) is 3.48. The summed E-state index contributed by atoms with van der Waals surface area (Å²) in [6.07, 6.45) is -1.61. The topological polar surface area (TPSA) is 90.9 Å². The fourth-order valence-corrected chi connectivity index (χ4v) is 4.51. The monoisotopic (exact) mass is 472 g/mol. The summed E-state index contributed by atoms with van der Waals surface area (Å²) in [4.78, 5) is -0.0165. The number of pyridine rings is 1. The van der Waals surface area contributed by atoms with E-state index < -0.39 is 22.1 Å². The number of anilines is 1. The van der Waals surface area contributed by atoms with Gasteiger partial charge in [0.1, 0.15) is 11.5 Å². The highest BCUT2D eigenvalue weighted by Crippen LogP contribution is 2.29. The third-order valence-corrected chi connectivity index (χ3v) is 6.60. The van der Waals surface area contributed by atoms with Crippen molar-refractivity contribution in [1.29, 1.82) is 0 Å². The van der Waals surface area contributed by atoms with Gasteiger partial charge in [0.15, 0.2) is 6.20 Å². The summed E-state index contributed by atoms with van der Waals surface area (Å²) in [5, 5.41) is 16.5. The zero-order valence-electron chi connectivity index (χ0n) is 18.2. The lowest BCUT2D eigenvalue weighted by atomic mass is 9.87. The first-order chi connectivity index (χ1) is 15.5. The minimum atomic E-state index is -4.10. The standard InChI is InChI=1S/C23H22F2N4O3S/c1-23(2,3)15-9-11-16(12-10-15)33(31,32)27-21-14-18(22(24)25)26-29(21)20-8-4-7-19-17(20)6-5-13-28(19)30/h4-14,22,27H,1-3H3. The van der Waals surface area contributed by atoms with E-state index in [1.54, 1.807) is 36.4 Å². The summed E-state index contributed by atoms with van der Waals surface area (Å²) in [5.74, 6) is -0.168. The molecule has 0 atom stereocenters. The van der Waals surface area contributed by atoms with E-state index in [9.17, 15) is 22.4 Å². The van der Waals surface area contributed by atoms with Crippen molar-refractivity contribution in [3.05, 3.63) is 83.3 Å². The molecule has 0 aliphatic heterocycles. The third-order valence-electron chi connectivity index (χ3n) is 5.23. The van der Waals surface area contributed by atoms with Gasteiger partial charge in [-0.05, 0) is 35.2 Å². The molecule has 1 N–H and O–H groups in total. The van der Waals surface area contributed by atoms with Gasteiger partial charge in [0, 0.05) is 18.2 Å². The zero-order chi connectivity index (χ0) is 24.0. The Morgan fingerprint density at radius 1 is 1.06 bits per heavy atom. The summed E-state index contributed by atoms with van der Waals surface area (Å²) in [6, 6.07) is 15.2. The van der Waals surface area contributed by atoms with Crippen LogP contribution in [0.5, 0.6) is 0 Å². The van der Waals surface area contributed by atoms with Crippen molar-refractivity contribution in [2.24, 2.45) is 0 Å². The van der Waals surface area contributed by atoms with Crippen molar-refractivity contribution in [3.63, 3.8) is 0 Å². The fraction of sp³-hybridized carbons (Fsp3) is 0.217. The highest BCUT2D eigenvalue weighted by atomic mass is 32.2. The van der Waals surface area contributed by atoms with Crippen LogP contribution in [0.4, 0.5) is 14.6 Å². The van der Waals surface area contributed by atoms with E-state index >= 15 is 0 Å². The molecule has 172 valence electrons. The summed E-state index contributed by atoms with van der Waals surface area (Å²) >= 11 is 0.